The minimum absolute atomic E-state index is 0.118. The van der Waals surface area contributed by atoms with E-state index in [9.17, 15) is 14.4 Å². The summed E-state index contributed by atoms with van der Waals surface area (Å²) in [7, 11) is 1.79. The first-order valence-electron chi connectivity index (χ1n) is 9.77. The summed E-state index contributed by atoms with van der Waals surface area (Å²) in [4.78, 5) is 37.8. The second kappa shape index (κ2) is 8.48. The summed E-state index contributed by atoms with van der Waals surface area (Å²) in [5, 5.41) is 14.8. The van der Waals surface area contributed by atoms with Gasteiger partial charge in [0, 0.05) is 19.0 Å². The Labute approximate surface area is 174 Å². The van der Waals surface area contributed by atoms with Gasteiger partial charge in [0.15, 0.2) is 5.69 Å². The summed E-state index contributed by atoms with van der Waals surface area (Å²) < 4.78 is 2.99. The Morgan fingerprint density at radius 2 is 1.77 bits per heavy atom. The Morgan fingerprint density at radius 1 is 1.10 bits per heavy atom. The predicted octanol–water partition coefficient (Wildman–Crippen LogP) is 1.77. The Hall–Kier alpha value is -3.49. The van der Waals surface area contributed by atoms with E-state index in [1.807, 2.05) is 20.8 Å². The number of hydrogen-bond donors (Lipinski definition) is 2. The average molecular weight is 410 g/mol. The molecule has 2 N–H and O–H groups in total. The number of benzene rings is 1. The fraction of sp³-hybridized carbons (Fsp3) is 0.381. The van der Waals surface area contributed by atoms with Gasteiger partial charge in [-0.25, -0.2) is 4.68 Å². The minimum atomic E-state index is -0.515. The van der Waals surface area contributed by atoms with Crippen LogP contribution in [-0.2, 0) is 18.4 Å². The molecule has 0 saturated heterocycles. The van der Waals surface area contributed by atoms with Gasteiger partial charge in [-0.3, -0.25) is 19.1 Å². The number of carbonyl (C=O) groups is 2. The highest BCUT2D eigenvalue weighted by molar-refractivity contribution is 6.06. The molecule has 3 rings (SSSR count). The van der Waals surface area contributed by atoms with Crippen molar-refractivity contribution in [2.45, 2.75) is 34.2 Å². The quantitative estimate of drug-likeness (QED) is 0.643. The second-order valence-electron chi connectivity index (χ2n) is 7.68. The van der Waals surface area contributed by atoms with Gasteiger partial charge in [-0.15, -0.1) is 0 Å². The predicted molar refractivity (Wildman–Crippen MR) is 114 cm³/mol. The molecule has 2 amide bonds. The van der Waals surface area contributed by atoms with E-state index in [1.54, 1.807) is 42.9 Å². The van der Waals surface area contributed by atoms with Crippen LogP contribution in [0.2, 0.25) is 0 Å². The van der Waals surface area contributed by atoms with Crippen molar-refractivity contribution in [2.24, 2.45) is 13.0 Å². The molecule has 2 aromatic heterocycles. The summed E-state index contributed by atoms with van der Waals surface area (Å²) in [6.07, 6.45) is 0. The van der Waals surface area contributed by atoms with Gasteiger partial charge in [-0.1, -0.05) is 32.0 Å². The number of nitrogens with zero attached hydrogens (tertiary/aromatic N) is 4. The molecule has 0 aliphatic rings. The van der Waals surface area contributed by atoms with Crippen molar-refractivity contribution in [2.75, 3.05) is 11.9 Å². The Balaban J connectivity index is 1.82. The van der Waals surface area contributed by atoms with E-state index in [2.05, 4.69) is 20.8 Å². The molecule has 9 heteroatoms. The highest BCUT2D eigenvalue weighted by Crippen LogP contribution is 2.18. The van der Waals surface area contributed by atoms with E-state index in [0.29, 0.717) is 28.7 Å². The van der Waals surface area contributed by atoms with E-state index in [0.717, 1.165) is 5.69 Å². The molecule has 3 aromatic rings. The van der Waals surface area contributed by atoms with Crippen LogP contribution in [0.1, 0.15) is 35.7 Å². The molecule has 30 heavy (non-hydrogen) atoms. The first kappa shape index (κ1) is 21.2. The number of aryl methyl sites for hydroxylation is 2. The summed E-state index contributed by atoms with van der Waals surface area (Å²) >= 11 is 0. The van der Waals surface area contributed by atoms with Crippen molar-refractivity contribution in [3.63, 3.8) is 0 Å². The van der Waals surface area contributed by atoms with Crippen molar-refractivity contribution in [1.82, 2.24) is 24.9 Å². The zero-order valence-electron chi connectivity index (χ0n) is 17.8. The lowest BCUT2D eigenvalue weighted by molar-refractivity contribution is -0.115. The van der Waals surface area contributed by atoms with Crippen LogP contribution in [0, 0.1) is 19.8 Å². The van der Waals surface area contributed by atoms with Crippen LogP contribution in [0.5, 0.6) is 0 Å². The fourth-order valence-corrected chi connectivity index (χ4v) is 3.25. The van der Waals surface area contributed by atoms with Crippen LogP contribution in [-0.4, -0.2) is 37.9 Å². The molecular weight excluding hydrogens is 384 g/mol. The highest BCUT2D eigenvalue weighted by atomic mass is 16.2. The van der Waals surface area contributed by atoms with Gasteiger partial charge in [0.2, 0.25) is 5.91 Å². The number of carbonyl (C=O) groups excluding carboxylic acids is 2. The van der Waals surface area contributed by atoms with E-state index >= 15 is 0 Å². The summed E-state index contributed by atoms with van der Waals surface area (Å²) in [5.41, 5.74) is 2.03. The lowest BCUT2D eigenvalue weighted by atomic mass is 10.1. The van der Waals surface area contributed by atoms with Crippen LogP contribution < -0.4 is 16.2 Å². The van der Waals surface area contributed by atoms with E-state index in [4.69, 9.17) is 0 Å². The average Bonchev–Trinajstić information content (AvgIpc) is 2.94. The Kier molecular flexibility index (Phi) is 6.00. The van der Waals surface area contributed by atoms with Gasteiger partial charge in [-0.2, -0.15) is 10.2 Å². The van der Waals surface area contributed by atoms with Gasteiger partial charge in [-0.05, 0) is 25.8 Å². The molecule has 158 valence electrons. The summed E-state index contributed by atoms with van der Waals surface area (Å²) in [6.45, 7) is 7.75. The SMILES string of the molecule is Cc1nn(C)c(C)c1NC(=O)CNC(=O)c1nn(CC(C)C)c(=O)c2ccccc12. The van der Waals surface area contributed by atoms with Crippen LogP contribution in [0.15, 0.2) is 29.1 Å². The van der Waals surface area contributed by atoms with E-state index in [1.165, 1.54) is 4.68 Å². The van der Waals surface area contributed by atoms with Crippen LogP contribution in [0.4, 0.5) is 5.69 Å². The van der Waals surface area contributed by atoms with Gasteiger partial charge in [0.25, 0.3) is 11.5 Å². The van der Waals surface area contributed by atoms with Gasteiger partial charge in [0.1, 0.15) is 0 Å². The van der Waals surface area contributed by atoms with Crippen LogP contribution in [0.3, 0.4) is 0 Å². The molecule has 9 nitrogen and oxygen atoms in total. The van der Waals surface area contributed by atoms with E-state index < -0.39 is 5.91 Å². The number of nitrogens with one attached hydrogen (secondary N) is 2. The number of aromatic nitrogens is 4. The smallest absolute Gasteiger partial charge is 0.274 e. The molecule has 0 aliphatic carbocycles. The monoisotopic (exact) mass is 410 g/mol. The number of anilines is 1. The van der Waals surface area contributed by atoms with Gasteiger partial charge < -0.3 is 10.6 Å². The second-order valence-corrected chi connectivity index (χ2v) is 7.68. The fourth-order valence-electron chi connectivity index (χ4n) is 3.25. The van der Waals surface area contributed by atoms with Crippen molar-refractivity contribution < 1.29 is 9.59 Å². The summed E-state index contributed by atoms with van der Waals surface area (Å²) in [6, 6.07) is 6.85. The first-order valence-corrected chi connectivity index (χ1v) is 9.77. The molecular formula is C21H26N6O3. The van der Waals surface area contributed by atoms with Crippen molar-refractivity contribution in [3.8, 4) is 0 Å². The third-order valence-corrected chi connectivity index (χ3v) is 4.80. The first-order chi connectivity index (χ1) is 14.2. The number of rotatable bonds is 6. The molecule has 0 aliphatic heterocycles. The lowest BCUT2D eigenvalue weighted by Gasteiger charge is -2.13. The standard InChI is InChI=1S/C21H26N6O3/c1-12(2)11-27-21(30)16-9-7-6-8-15(16)19(25-27)20(29)22-10-17(28)23-18-13(3)24-26(5)14(18)4/h6-9,12H,10-11H2,1-5H3,(H,22,29)(H,23,28). The molecule has 0 fully saturated rings. The summed E-state index contributed by atoms with van der Waals surface area (Å²) in [5.74, 6) is -0.704. The van der Waals surface area contributed by atoms with Crippen molar-refractivity contribution in [1.29, 1.82) is 0 Å². The molecule has 0 spiro atoms. The maximum absolute atomic E-state index is 12.8. The van der Waals surface area contributed by atoms with Crippen LogP contribution >= 0.6 is 0 Å². The highest BCUT2D eigenvalue weighted by Gasteiger charge is 2.18. The minimum Gasteiger partial charge on any atom is -0.342 e. The van der Waals surface area contributed by atoms with Gasteiger partial charge in [0.05, 0.1) is 29.0 Å². The topological polar surface area (TPSA) is 111 Å². The third-order valence-electron chi connectivity index (χ3n) is 4.80. The normalized spacial score (nSPS) is 11.1. The third kappa shape index (κ3) is 4.24. The van der Waals surface area contributed by atoms with Crippen molar-refractivity contribution in [3.05, 3.63) is 51.7 Å². The molecule has 0 bridgehead atoms. The zero-order chi connectivity index (χ0) is 22.0. The molecule has 0 saturated carbocycles. The van der Waals surface area contributed by atoms with Crippen molar-refractivity contribution >= 4 is 28.3 Å². The lowest BCUT2D eigenvalue weighted by Crippen LogP contribution is -2.35. The largest absolute Gasteiger partial charge is 0.342 e. The molecule has 1 aromatic carbocycles. The maximum Gasteiger partial charge on any atom is 0.274 e. The number of amides is 2. The number of fused-ring (bicyclic) bond motifs is 1. The zero-order valence-corrected chi connectivity index (χ0v) is 17.8. The molecule has 0 radical (unpaired) electrons. The Morgan fingerprint density at radius 3 is 2.37 bits per heavy atom. The Bertz CT molecular complexity index is 1180. The van der Waals surface area contributed by atoms with Gasteiger partial charge >= 0.3 is 0 Å². The molecule has 0 atom stereocenters. The molecule has 0 unspecified atom stereocenters. The number of hydrogen-bond acceptors (Lipinski definition) is 5. The maximum atomic E-state index is 12.8. The molecule has 2 heterocycles. The van der Waals surface area contributed by atoms with E-state index in [-0.39, 0.29) is 29.6 Å². The van der Waals surface area contributed by atoms with Crippen LogP contribution in [0.25, 0.3) is 10.8 Å².